The zero-order chi connectivity index (χ0) is 28.1. The second-order valence-corrected chi connectivity index (χ2v) is 9.74. The predicted octanol–water partition coefficient (Wildman–Crippen LogP) is 5.96. The van der Waals surface area contributed by atoms with E-state index >= 15 is 0 Å². The summed E-state index contributed by atoms with van der Waals surface area (Å²) < 4.78 is 1.89. The van der Waals surface area contributed by atoms with Crippen LogP contribution in [0.5, 0.6) is 0 Å². The Morgan fingerprint density at radius 1 is 0.923 bits per heavy atom. The summed E-state index contributed by atoms with van der Waals surface area (Å²) in [7, 11) is 0. The van der Waals surface area contributed by atoms with Gasteiger partial charge in [-0.3, -0.25) is 14.4 Å². The van der Waals surface area contributed by atoms with Gasteiger partial charge in [0.1, 0.15) is 5.69 Å². The van der Waals surface area contributed by atoms with Gasteiger partial charge in [0.05, 0.1) is 22.2 Å². The molecule has 8 nitrogen and oxygen atoms in total. The van der Waals surface area contributed by atoms with Crippen molar-refractivity contribution in [1.82, 2.24) is 9.88 Å². The van der Waals surface area contributed by atoms with Gasteiger partial charge in [0.25, 0.3) is 11.8 Å². The molecule has 0 saturated carbocycles. The molecule has 0 atom stereocenters. The normalized spacial score (nSPS) is 10.8. The third kappa shape index (κ3) is 6.28. The standard InChI is InChI=1S/C30H28ClN5O3/c1-4-36-26-12-10-23(14-21(26)15-27(36)30(39)34-22-8-5-19(16-32)6-9-22)35-29(38)24-13-20(7-11-25(24)31)17-33-28(37)18(2)3/h5-15,18H,4,17H2,1-3H3,(H,33,37)(H,34,39)(H,35,38). The number of fused-ring (bicyclic) bond motifs is 1. The lowest BCUT2D eigenvalue weighted by molar-refractivity contribution is -0.124. The molecule has 3 N–H and O–H groups in total. The molecule has 3 amide bonds. The van der Waals surface area contributed by atoms with E-state index in [0.717, 1.165) is 16.5 Å². The van der Waals surface area contributed by atoms with E-state index in [1.165, 1.54) is 0 Å². The van der Waals surface area contributed by atoms with E-state index in [2.05, 4.69) is 22.0 Å². The summed E-state index contributed by atoms with van der Waals surface area (Å²) in [6, 6.07) is 21.0. The molecule has 198 valence electrons. The number of rotatable bonds is 8. The smallest absolute Gasteiger partial charge is 0.272 e. The fourth-order valence-electron chi connectivity index (χ4n) is 4.15. The molecule has 9 heteroatoms. The highest BCUT2D eigenvalue weighted by molar-refractivity contribution is 6.34. The lowest BCUT2D eigenvalue weighted by Crippen LogP contribution is -2.27. The lowest BCUT2D eigenvalue weighted by atomic mass is 10.1. The van der Waals surface area contributed by atoms with E-state index in [1.54, 1.807) is 60.7 Å². The van der Waals surface area contributed by atoms with Gasteiger partial charge >= 0.3 is 0 Å². The average Bonchev–Trinajstić information content (AvgIpc) is 3.30. The molecule has 0 saturated heterocycles. The molecule has 0 bridgehead atoms. The largest absolute Gasteiger partial charge is 0.352 e. The van der Waals surface area contributed by atoms with Gasteiger partial charge in [-0.25, -0.2) is 0 Å². The Labute approximate surface area is 231 Å². The van der Waals surface area contributed by atoms with Gasteiger partial charge in [-0.05, 0) is 73.2 Å². The third-order valence-electron chi connectivity index (χ3n) is 6.25. The van der Waals surface area contributed by atoms with Crippen LogP contribution in [0.2, 0.25) is 5.02 Å². The Hall–Kier alpha value is -4.61. The topological polar surface area (TPSA) is 116 Å². The number of amides is 3. The van der Waals surface area contributed by atoms with Gasteiger partial charge in [-0.2, -0.15) is 5.26 Å². The van der Waals surface area contributed by atoms with E-state index in [4.69, 9.17) is 16.9 Å². The predicted molar refractivity (Wildman–Crippen MR) is 153 cm³/mol. The summed E-state index contributed by atoms with van der Waals surface area (Å²) >= 11 is 6.31. The highest BCUT2D eigenvalue weighted by Crippen LogP contribution is 2.26. The summed E-state index contributed by atoms with van der Waals surface area (Å²) in [4.78, 5) is 38.0. The first-order chi connectivity index (χ1) is 18.7. The van der Waals surface area contributed by atoms with E-state index in [1.807, 2.05) is 31.4 Å². The van der Waals surface area contributed by atoms with Gasteiger partial charge in [0, 0.05) is 41.3 Å². The highest BCUT2D eigenvalue weighted by Gasteiger charge is 2.17. The van der Waals surface area contributed by atoms with E-state index in [0.29, 0.717) is 39.8 Å². The average molecular weight is 542 g/mol. The van der Waals surface area contributed by atoms with E-state index in [9.17, 15) is 14.4 Å². The maximum Gasteiger partial charge on any atom is 0.272 e. The number of aryl methyl sites for hydroxylation is 1. The summed E-state index contributed by atoms with van der Waals surface area (Å²) in [5.41, 5.74) is 4.02. The van der Waals surface area contributed by atoms with Crippen LogP contribution in [-0.4, -0.2) is 22.3 Å². The molecule has 0 fully saturated rings. The number of hydrogen-bond donors (Lipinski definition) is 3. The Kier molecular flexibility index (Phi) is 8.33. The first-order valence-electron chi connectivity index (χ1n) is 12.5. The van der Waals surface area contributed by atoms with Crippen molar-refractivity contribution in [2.24, 2.45) is 5.92 Å². The van der Waals surface area contributed by atoms with Crippen molar-refractivity contribution in [2.75, 3.05) is 10.6 Å². The second-order valence-electron chi connectivity index (χ2n) is 9.33. The lowest BCUT2D eigenvalue weighted by Gasteiger charge is -2.11. The molecular formula is C30H28ClN5O3. The summed E-state index contributed by atoms with van der Waals surface area (Å²) in [5.74, 6) is -0.880. The van der Waals surface area contributed by atoms with Crippen LogP contribution in [0.1, 0.15) is 52.7 Å². The Morgan fingerprint density at radius 3 is 2.28 bits per heavy atom. The zero-order valence-corrected chi connectivity index (χ0v) is 22.6. The molecule has 4 rings (SSSR count). The van der Waals surface area contributed by atoms with Gasteiger partial charge in [0.2, 0.25) is 5.91 Å². The van der Waals surface area contributed by atoms with Crippen LogP contribution in [0.3, 0.4) is 0 Å². The van der Waals surface area contributed by atoms with Crippen LogP contribution in [-0.2, 0) is 17.9 Å². The number of nitrogens with zero attached hydrogens (tertiary/aromatic N) is 2. The molecule has 1 aromatic heterocycles. The minimum Gasteiger partial charge on any atom is -0.352 e. The van der Waals surface area contributed by atoms with Crippen LogP contribution < -0.4 is 16.0 Å². The van der Waals surface area contributed by atoms with Crippen LogP contribution in [0, 0.1) is 17.2 Å². The zero-order valence-electron chi connectivity index (χ0n) is 21.8. The molecule has 0 aliphatic carbocycles. The summed E-state index contributed by atoms with van der Waals surface area (Å²) in [5, 5.41) is 18.6. The molecule has 0 spiro atoms. The number of nitrogens with one attached hydrogen (secondary N) is 3. The number of anilines is 2. The first kappa shape index (κ1) is 27.4. The van der Waals surface area contributed by atoms with Crippen LogP contribution >= 0.6 is 11.6 Å². The van der Waals surface area contributed by atoms with Crippen LogP contribution in [0.25, 0.3) is 10.9 Å². The van der Waals surface area contributed by atoms with Crippen molar-refractivity contribution in [3.63, 3.8) is 0 Å². The maximum atomic E-state index is 13.1. The minimum absolute atomic E-state index is 0.0757. The molecule has 39 heavy (non-hydrogen) atoms. The number of aromatic nitrogens is 1. The molecule has 0 unspecified atom stereocenters. The number of hydrogen-bond acceptors (Lipinski definition) is 4. The number of halogens is 1. The Morgan fingerprint density at radius 2 is 1.62 bits per heavy atom. The molecular weight excluding hydrogens is 514 g/mol. The first-order valence-corrected chi connectivity index (χ1v) is 12.9. The van der Waals surface area contributed by atoms with Crippen molar-refractivity contribution >= 4 is 51.6 Å². The molecule has 0 aliphatic heterocycles. The fraction of sp³-hybridized carbons (Fsp3) is 0.200. The number of carbonyl (C=O) groups is 3. The van der Waals surface area contributed by atoms with Gasteiger partial charge in [-0.1, -0.05) is 31.5 Å². The summed E-state index contributed by atoms with van der Waals surface area (Å²) in [6.45, 7) is 6.43. The quantitative estimate of drug-likeness (QED) is 0.255. The Balaban J connectivity index is 1.53. The van der Waals surface area contributed by atoms with Crippen LogP contribution in [0.15, 0.2) is 66.7 Å². The van der Waals surface area contributed by atoms with Gasteiger partial charge < -0.3 is 20.5 Å². The summed E-state index contributed by atoms with van der Waals surface area (Å²) in [6.07, 6.45) is 0. The molecule has 0 radical (unpaired) electrons. The molecule has 0 aliphatic rings. The highest BCUT2D eigenvalue weighted by atomic mass is 35.5. The van der Waals surface area contributed by atoms with Crippen molar-refractivity contribution in [3.05, 3.63) is 94.1 Å². The van der Waals surface area contributed by atoms with Crippen molar-refractivity contribution in [1.29, 1.82) is 5.26 Å². The van der Waals surface area contributed by atoms with Crippen molar-refractivity contribution < 1.29 is 14.4 Å². The van der Waals surface area contributed by atoms with Gasteiger partial charge in [0.15, 0.2) is 0 Å². The Bertz CT molecular complexity index is 1600. The van der Waals surface area contributed by atoms with E-state index in [-0.39, 0.29) is 30.2 Å². The van der Waals surface area contributed by atoms with Gasteiger partial charge in [-0.15, -0.1) is 0 Å². The van der Waals surface area contributed by atoms with Crippen molar-refractivity contribution in [3.8, 4) is 6.07 Å². The maximum absolute atomic E-state index is 13.1. The molecule has 4 aromatic rings. The van der Waals surface area contributed by atoms with Crippen molar-refractivity contribution in [2.45, 2.75) is 33.9 Å². The molecule has 1 heterocycles. The minimum atomic E-state index is -0.384. The SMILES string of the molecule is CCn1c(C(=O)Nc2ccc(C#N)cc2)cc2cc(NC(=O)c3cc(CNC(=O)C(C)C)ccc3Cl)ccc21. The third-order valence-corrected chi connectivity index (χ3v) is 6.58. The molecule has 3 aromatic carbocycles. The number of nitriles is 1. The van der Waals surface area contributed by atoms with Crippen LogP contribution in [0.4, 0.5) is 11.4 Å². The monoisotopic (exact) mass is 541 g/mol. The second kappa shape index (κ2) is 11.8. The fourth-order valence-corrected chi connectivity index (χ4v) is 4.35. The number of carbonyl (C=O) groups excluding carboxylic acids is 3. The number of benzene rings is 3. The van der Waals surface area contributed by atoms with E-state index < -0.39 is 0 Å².